The molecule has 0 aliphatic rings. The van der Waals surface area contributed by atoms with E-state index in [0.29, 0.717) is 17.8 Å². The van der Waals surface area contributed by atoms with Gasteiger partial charge in [0.15, 0.2) is 0 Å². The van der Waals surface area contributed by atoms with Crippen molar-refractivity contribution < 1.29 is 65.4 Å². The Hall–Kier alpha value is -1.49. The van der Waals surface area contributed by atoms with Gasteiger partial charge in [-0.2, -0.15) is 11.6 Å². The SMILES string of the molecule is CC.CC#CC.CCC(CC)C(N)=O.CCCC(CCC)c1ccccc1.CCNc1[c-]c(C(C)(C)[C-]=O)cc(F)c1.[K+]. The Morgan fingerprint density at radius 2 is 1.47 bits per heavy atom. The fourth-order valence-corrected chi connectivity index (χ4v) is 3.80. The largest absolute Gasteiger partial charge is 1.00 e. The van der Waals surface area contributed by atoms with Gasteiger partial charge in [0.1, 0.15) is 0 Å². The maximum absolute atomic E-state index is 13.2. The van der Waals surface area contributed by atoms with E-state index in [-0.39, 0.29) is 69.0 Å². The van der Waals surface area contributed by atoms with Crippen LogP contribution < -0.4 is 62.4 Å². The Bertz CT molecular complexity index is 985. The second-order valence-electron chi connectivity index (χ2n) is 9.98. The van der Waals surface area contributed by atoms with Crippen LogP contribution in [0.15, 0.2) is 42.5 Å². The number of amides is 1. The van der Waals surface area contributed by atoms with Gasteiger partial charge < -0.3 is 15.8 Å². The number of primary amides is 1. The summed E-state index contributed by atoms with van der Waals surface area (Å²) in [4.78, 5) is 21.1. The third kappa shape index (κ3) is 24.5. The monoisotopic (exact) mass is 621 g/mol. The number of carbonyl (C=O) groups excluding carboxylic acids is 2. The third-order valence-corrected chi connectivity index (χ3v) is 6.31. The molecule has 0 unspecified atom stereocenters. The van der Waals surface area contributed by atoms with E-state index < -0.39 is 5.41 Å². The zero-order valence-electron chi connectivity index (χ0n) is 29.4. The molecule has 3 N–H and O–H groups in total. The van der Waals surface area contributed by atoms with Crippen molar-refractivity contribution in [1.82, 2.24) is 0 Å². The Morgan fingerprint density at radius 1 is 0.977 bits per heavy atom. The Labute approximate surface area is 307 Å². The molecule has 0 bridgehead atoms. The molecule has 0 aliphatic carbocycles. The van der Waals surface area contributed by atoms with E-state index in [1.165, 1.54) is 43.4 Å². The van der Waals surface area contributed by atoms with E-state index in [1.54, 1.807) is 13.8 Å². The van der Waals surface area contributed by atoms with E-state index >= 15 is 0 Å². The van der Waals surface area contributed by atoms with E-state index in [1.807, 2.05) is 54.8 Å². The summed E-state index contributed by atoms with van der Waals surface area (Å²) in [6.45, 7) is 22.1. The van der Waals surface area contributed by atoms with Crippen LogP contribution in [0.3, 0.4) is 0 Å². The molecule has 0 fully saturated rings. The number of hydrogen-bond acceptors (Lipinski definition) is 3. The number of anilines is 1. The summed E-state index contributed by atoms with van der Waals surface area (Å²) < 4.78 is 13.2. The van der Waals surface area contributed by atoms with E-state index in [2.05, 4.69) is 67.4 Å². The van der Waals surface area contributed by atoms with E-state index in [0.717, 1.165) is 18.8 Å². The number of halogens is 1. The maximum Gasteiger partial charge on any atom is 1.00 e. The quantitative estimate of drug-likeness (QED) is 0.156. The minimum Gasteiger partial charge on any atom is -0.541 e. The van der Waals surface area contributed by atoms with Crippen molar-refractivity contribution in [3.8, 4) is 11.8 Å². The molecule has 6 heteroatoms. The summed E-state index contributed by atoms with van der Waals surface area (Å²) in [5, 5.41) is 2.96. The van der Waals surface area contributed by atoms with Gasteiger partial charge in [0.05, 0.1) is 0 Å². The molecule has 0 aliphatic heterocycles. The zero-order chi connectivity index (χ0) is 33.0. The average Bonchev–Trinajstić information content (AvgIpc) is 2.99. The van der Waals surface area contributed by atoms with Crippen molar-refractivity contribution in [3.05, 3.63) is 65.5 Å². The summed E-state index contributed by atoms with van der Waals surface area (Å²) in [7, 11) is 0. The molecule has 0 heterocycles. The smallest absolute Gasteiger partial charge is 0.541 e. The van der Waals surface area contributed by atoms with Crippen molar-refractivity contribution in [2.24, 2.45) is 11.7 Å². The minimum atomic E-state index is -0.827. The molecule has 238 valence electrons. The number of rotatable bonds is 12. The van der Waals surface area contributed by atoms with Gasteiger partial charge in [-0.25, -0.2) is 4.39 Å². The van der Waals surface area contributed by atoms with Crippen molar-refractivity contribution in [3.63, 3.8) is 0 Å². The van der Waals surface area contributed by atoms with Crippen LogP contribution in [0.4, 0.5) is 10.1 Å². The van der Waals surface area contributed by atoms with Crippen molar-refractivity contribution in [2.75, 3.05) is 11.9 Å². The third-order valence-electron chi connectivity index (χ3n) is 6.31. The Kier molecular flexibility index (Phi) is 35.9. The van der Waals surface area contributed by atoms with Gasteiger partial charge >= 0.3 is 51.4 Å². The van der Waals surface area contributed by atoms with Crippen molar-refractivity contribution in [2.45, 2.75) is 126 Å². The second-order valence-corrected chi connectivity index (χ2v) is 9.98. The number of carbonyl (C=O) groups is 1. The van der Waals surface area contributed by atoms with Crippen LogP contribution in [-0.2, 0) is 15.0 Å². The standard InChI is InChI=1S/C13H20.C12H14FNO.C6H13NO.C4H6.C2H6.K/c1-3-8-12(9-4-2)13-10-6-5-7-11-13;1-4-14-11-6-9(5-10(13)7-11)12(2,3)8-15;1-3-5(4-2)6(7)8;1-3-4-2;1-2;/h5-7,10-12H,3-4,8-9H2,1-2H3;5,7,14H,4H2,1-3H3;5H,3-4H2,1-2H3,(H2,7,8);1-2H3;1-2H3;/q;-2;;;;+1. The summed E-state index contributed by atoms with van der Waals surface area (Å²) in [5.41, 5.74) is 6.78. The molecule has 0 saturated carbocycles. The van der Waals surface area contributed by atoms with Crippen molar-refractivity contribution >= 4 is 17.9 Å². The number of nitrogens with one attached hydrogen (secondary N) is 1. The molecular formula is C37H59FKN2O2-. The van der Waals surface area contributed by atoms with Crippen LogP contribution in [0.25, 0.3) is 0 Å². The van der Waals surface area contributed by atoms with Gasteiger partial charge in [-0.3, -0.25) is 11.1 Å². The van der Waals surface area contributed by atoms with Gasteiger partial charge in [-0.1, -0.05) is 104 Å². The van der Waals surface area contributed by atoms with E-state index in [9.17, 15) is 14.0 Å². The van der Waals surface area contributed by atoms with Gasteiger partial charge in [0.25, 0.3) is 0 Å². The minimum absolute atomic E-state index is 0. The summed E-state index contributed by atoms with van der Waals surface area (Å²) in [6, 6.07) is 16.5. The van der Waals surface area contributed by atoms with E-state index in [4.69, 9.17) is 5.73 Å². The number of hydrogen-bond donors (Lipinski definition) is 2. The number of nitrogens with two attached hydrogens (primary N) is 1. The first-order valence-corrected chi connectivity index (χ1v) is 15.6. The summed E-state index contributed by atoms with van der Waals surface area (Å²) >= 11 is 0. The predicted octanol–water partition coefficient (Wildman–Crippen LogP) is 6.78. The Morgan fingerprint density at radius 3 is 1.79 bits per heavy atom. The normalized spacial score (nSPS) is 9.44. The average molecular weight is 622 g/mol. The summed E-state index contributed by atoms with van der Waals surface area (Å²) in [6.07, 6.45) is 8.86. The number of benzene rings is 2. The molecule has 0 aromatic heterocycles. The predicted molar refractivity (Wildman–Crippen MR) is 181 cm³/mol. The zero-order valence-corrected chi connectivity index (χ0v) is 32.5. The first-order chi connectivity index (χ1) is 20.0. The second kappa shape index (κ2) is 31.9. The van der Waals surface area contributed by atoms with Gasteiger partial charge in [0.2, 0.25) is 5.91 Å². The molecule has 2 rings (SSSR count). The molecule has 4 nitrogen and oxygen atoms in total. The molecule has 43 heavy (non-hydrogen) atoms. The molecule has 2 aromatic carbocycles. The van der Waals surface area contributed by atoms with Crippen LogP contribution in [0.5, 0.6) is 0 Å². The Balaban J connectivity index is -0.000000248. The molecule has 0 atom stereocenters. The van der Waals surface area contributed by atoms with Crippen molar-refractivity contribution in [1.29, 1.82) is 0 Å². The fourth-order valence-electron chi connectivity index (χ4n) is 3.80. The van der Waals surface area contributed by atoms with Gasteiger partial charge in [-0.05, 0) is 57.9 Å². The molecular weight excluding hydrogens is 563 g/mol. The molecule has 0 saturated heterocycles. The first-order valence-electron chi connectivity index (χ1n) is 15.6. The maximum atomic E-state index is 13.2. The molecule has 0 spiro atoms. The molecule has 2 aromatic rings. The fraction of sp³-hybridized carbons (Fsp3) is 0.568. The topological polar surface area (TPSA) is 72.2 Å². The molecule has 1 amide bonds. The van der Waals surface area contributed by atoms with Gasteiger partial charge in [0, 0.05) is 18.3 Å². The van der Waals surface area contributed by atoms with Crippen LogP contribution in [-0.4, -0.2) is 18.7 Å². The van der Waals surface area contributed by atoms with Crippen LogP contribution in [0.2, 0.25) is 0 Å². The van der Waals surface area contributed by atoms with Gasteiger partial charge in [-0.15, -0.1) is 29.4 Å². The van der Waals surface area contributed by atoms with Crippen LogP contribution in [0, 0.1) is 29.6 Å². The summed E-state index contributed by atoms with van der Waals surface area (Å²) in [5.74, 6) is 5.70. The van der Waals surface area contributed by atoms with Crippen LogP contribution in [0.1, 0.15) is 132 Å². The molecule has 0 radical (unpaired) electrons. The first kappa shape index (κ1) is 48.4. The van der Waals surface area contributed by atoms with Crippen LogP contribution >= 0.6 is 0 Å².